The SMILES string of the molecule is COc1ccc(CCO[C@@H]2CCCC[C@@H]2c2[nH]ccc2O)cc1OC.Cl. The third kappa shape index (κ3) is 4.65. The van der Waals surface area contributed by atoms with E-state index in [4.69, 9.17) is 14.2 Å². The van der Waals surface area contributed by atoms with E-state index in [1.807, 2.05) is 18.2 Å². The molecule has 144 valence electrons. The number of nitrogens with one attached hydrogen (secondary N) is 1. The molecule has 0 saturated heterocycles. The van der Waals surface area contributed by atoms with Crippen LogP contribution in [0, 0.1) is 0 Å². The molecule has 1 aliphatic carbocycles. The number of methoxy groups -OCH3 is 2. The van der Waals surface area contributed by atoms with Crippen molar-refractivity contribution in [3.05, 3.63) is 41.7 Å². The number of ether oxygens (including phenoxy) is 3. The standard InChI is InChI=1S/C20H27NO4.ClH/c1-23-18-8-7-14(13-19(18)24-2)10-12-25-17-6-4-3-5-15(17)20-16(22)9-11-21-20;/h7-9,11,13,15,17,21-22H,3-6,10,12H2,1-2H3;1H/t15-,17+;/m0./s1. The van der Waals surface area contributed by atoms with E-state index in [2.05, 4.69) is 4.98 Å². The number of aromatic amines is 1. The largest absolute Gasteiger partial charge is 0.506 e. The highest BCUT2D eigenvalue weighted by atomic mass is 35.5. The molecule has 0 bridgehead atoms. The minimum atomic E-state index is 0. The summed E-state index contributed by atoms with van der Waals surface area (Å²) in [6.45, 7) is 0.651. The fourth-order valence-electron chi connectivity index (χ4n) is 3.66. The maximum atomic E-state index is 10.0. The summed E-state index contributed by atoms with van der Waals surface area (Å²) in [5.74, 6) is 2.07. The molecule has 1 aliphatic rings. The summed E-state index contributed by atoms with van der Waals surface area (Å²) in [5, 5.41) is 10.0. The molecule has 1 heterocycles. The van der Waals surface area contributed by atoms with Crippen LogP contribution in [-0.4, -0.2) is 37.0 Å². The van der Waals surface area contributed by atoms with Crippen LogP contribution in [0.2, 0.25) is 0 Å². The molecular weight excluding hydrogens is 354 g/mol. The maximum absolute atomic E-state index is 10.0. The molecule has 0 spiro atoms. The number of aromatic hydroxyl groups is 1. The molecule has 5 nitrogen and oxygen atoms in total. The van der Waals surface area contributed by atoms with Crippen molar-refractivity contribution in [1.82, 2.24) is 4.98 Å². The molecule has 2 aromatic rings. The fourth-order valence-corrected chi connectivity index (χ4v) is 3.66. The molecule has 0 unspecified atom stereocenters. The van der Waals surface area contributed by atoms with Crippen LogP contribution in [0.5, 0.6) is 17.2 Å². The lowest BCUT2D eigenvalue weighted by atomic mass is 9.84. The Morgan fingerprint density at radius 1 is 1.08 bits per heavy atom. The molecule has 6 heteroatoms. The molecule has 1 saturated carbocycles. The van der Waals surface area contributed by atoms with Crippen LogP contribution in [0.3, 0.4) is 0 Å². The van der Waals surface area contributed by atoms with Crippen molar-refractivity contribution in [2.75, 3.05) is 20.8 Å². The van der Waals surface area contributed by atoms with Gasteiger partial charge >= 0.3 is 0 Å². The number of aromatic nitrogens is 1. The number of hydrogen-bond donors (Lipinski definition) is 2. The van der Waals surface area contributed by atoms with Gasteiger partial charge in [-0.25, -0.2) is 0 Å². The summed E-state index contributed by atoms with van der Waals surface area (Å²) < 4.78 is 16.8. The summed E-state index contributed by atoms with van der Waals surface area (Å²) in [6.07, 6.45) is 7.21. The van der Waals surface area contributed by atoms with Crippen molar-refractivity contribution in [2.45, 2.75) is 44.1 Å². The fraction of sp³-hybridized carbons (Fsp3) is 0.500. The van der Waals surface area contributed by atoms with Gasteiger partial charge in [0.1, 0.15) is 5.75 Å². The molecule has 0 radical (unpaired) electrons. The second-order valence-corrected chi connectivity index (χ2v) is 6.52. The third-order valence-electron chi connectivity index (χ3n) is 5.00. The quantitative estimate of drug-likeness (QED) is 0.743. The van der Waals surface area contributed by atoms with E-state index in [9.17, 15) is 5.11 Å². The van der Waals surface area contributed by atoms with Crippen LogP contribution < -0.4 is 9.47 Å². The first-order valence-electron chi connectivity index (χ1n) is 8.91. The minimum absolute atomic E-state index is 0. The average molecular weight is 382 g/mol. The second kappa shape index (κ2) is 9.74. The molecule has 1 fully saturated rings. The van der Waals surface area contributed by atoms with Gasteiger partial charge < -0.3 is 24.3 Å². The van der Waals surface area contributed by atoms with Gasteiger partial charge in [0.15, 0.2) is 11.5 Å². The van der Waals surface area contributed by atoms with E-state index in [0.29, 0.717) is 12.4 Å². The van der Waals surface area contributed by atoms with Gasteiger partial charge in [0.05, 0.1) is 32.6 Å². The van der Waals surface area contributed by atoms with Crippen LogP contribution in [0.4, 0.5) is 0 Å². The molecule has 2 N–H and O–H groups in total. The van der Waals surface area contributed by atoms with Crippen LogP contribution in [0.25, 0.3) is 0 Å². The van der Waals surface area contributed by atoms with Crippen LogP contribution in [0.15, 0.2) is 30.5 Å². The molecular formula is C20H28ClNO4. The number of H-pyrrole nitrogens is 1. The molecule has 0 amide bonds. The van der Waals surface area contributed by atoms with Gasteiger partial charge in [-0.15, -0.1) is 12.4 Å². The van der Waals surface area contributed by atoms with E-state index in [0.717, 1.165) is 42.0 Å². The van der Waals surface area contributed by atoms with E-state index < -0.39 is 0 Å². The van der Waals surface area contributed by atoms with Crippen molar-refractivity contribution in [3.63, 3.8) is 0 Å². The molecule has 1 aromatic heterocycles. The Morgan fingerprint density at radius 2 is 1.85 bits per heavy atom. The van der Waals surface area contributed by atoms with Crippen LogP contribution in [0.1, 0.15) is 42.9 Å². The van der Waals surface area contributed by atoms with Crippen molar-refractivity contribution in [1.29, 1.82) is 0 Å². The topological polar surface area (TPSA) is 63.7 Å². The number of halogens is 1. The number of hydrogen-bond acceptors (Lipinski definition) is 4. The predicted molar refractivity (Wildman–Crippen MR) is 104 cm³/mol. The summed E-state index contributed by atoms with van der Waals surface area (Å²) >= 11 is 0. The normalized spacial score (nSPS) is 19.6. The number of rotatable bonds is 7. The van der Waals surface area contributed by atoms with E-state index in [-0.39, 0.29) is 24.4 Å². The Kier molecular flexibility index (Phi) is 7.66. The summed E-state index contributed by atoms with van der Waals surface area (Å²) in [6, 6.07) is 7.68. The zero-order chi connectivity index (χ0) is 17.6. The highest BCUT2D eigenvalue weighted by molar-refractivity contribution is 5.85. The van der Waals surface area contributed by atoms with Crippen LogP contribution in [-0.2, 0) is 11.2 Å². The number of benzene rings is 1. The molecule has 0 aliphatic heterocycles. The monoisotopic (exact) mass is 381 g/mol. The predicted octanol–water partition coefficient (Wildman–Crippen LogP) is 4.44. The van der Waals surface area contributed by atoms with Gasteiger partial charge in [0.2, 0.25) is 0 Å². The van der Waals surface area contributed by atoms with Gasteiger partial charge in [-0.05, 0) is 43.0 Å². The maximum Gasteiger partial charge on any atom is 0.160 e. The highest BCUT2D eigenvalue weighted by Gasteiger charge is 2.29. The second-order valence-electron chi connectivity index (χ2n) is 6.52. The van der Waals surface area contributed by atoms with Gasteiger partial charge in [-0.1, -0.05) is 18.9 Å². The van der Waals surface area contributed by atoms with Crippen molar-refractivity contribution < 1.29 is 19.3 Å². The Morgan fingerprint density at radius 3 is 2.54 bits per heavy atom. The zero-order valence-corrected chi connectivity index (χ0v) is 16.2. The lowest BCUT2D eigenvalue weighted by Gasteiger charge is -2.31. The summed E-state index contributed by atoms with van der Waals surface area (Å²) in [5.41, 5.74) is 2.07. The van der Waals surface area contributed by atoms with Crippen molar-refractivity contribution in [3.8, 4) is 17.2 Å². The molecule has 1 aromatic carbocycles. The Labute approximate surface area is 161 Å². The highest BCUT2D eigenvalue weighted by Crippen LogP contribution is 2.38. The first-order chi connectivity index (χ1) is 12.2. The lowest BCUT2D eigenvalue weighted by Crippen LogP contribution is -2.27. The Hall–Kier alpha value is -1.85. The van der Waals surface area contributed by atoms with Gasteiger partial charge in [-0.2, -0.15) is 0 Å². The summed E-state index contributed by atoms with van der Waals surface area (Å²) in [7, 11) is 3.29. The van der Waals surface area contributed by atoms with Crippen LogP contribution >= 0.6 is 12.4 Å². The lowest BCUT2D eigenvalue weighted by molar-refractivity contribution is 0.0134. The smallest absolute Gasteiger partial charge is 0.160 e. The molecule has 2 atom stereocenters. The van der Waals surface area contributed by atoms with E-state index in [1.165, 1.54) is 12.8 Å². The molecule has 26 heavy (non-hydrogen) atoms. The molecule has 3 rings (SSSR count). The zero-order valence-electron chi connectivity index (χ0n) is 15.4. The van der Waals surface area contributed by atoms with E-state index >= 15 is 0 Å². The first kappa shape index (κ1) is 20.5. The average Bonchev–Trinajstić information content (AvgIpc) is 3.07. The van der Waals surface area contributed by atoms with Crippen molar-refractivity contribution in [2.24, 2.45) is 0 Å². The Bertz CT molecular complexity index is 688. The van der Waals surface area contributed by atoms with E-state index in [1.54, 1.807) is 26.5 Å². The van der Waals surface area contributed by atoms with Gasteiger partial charge in [-0.3, -0.25) is 0 Å². The summed E-state index contributed by atoms with van der Waals surface area (Å²) in [4.78, 5) is 3.18. The minimum Gasteiger partial charge on any atom is -0.506 e. The first-order valence-corrected chi connectivity index (χ1v) is 8.91. The van der Waals surface area contributed by atoms with Gasteiger partial charge in [0, 0.05) is 12.1 Å². The van der Waals surface area contributed by atoms with Crippen molar-refractivity contribution >= 4 is 12.4 Å². The Balaban J connectivity index is 0.00000243. The van der Waals surface area contributed by atoms with Gasteiger partial charge in [0.25, 0.3) is 0 Å². The third-order valence-corrected chi connectivity index (χ3v) is 5.00.